The molecule has 0 aliphatic carbocycles. The summed E-state index contributed by atoms with van der Waals surface area (Å²) < 4.78 is 0. The Morgan fingerprint density at radius 1 is 1.22 bits per heavy atom. The molecule has 2 N–H and O–H groups in total. The van der Waals surface area contributed by atoms with Crippen LogP contribution in [-0.2, 0) is 16.0 Å². The molecule has 0 heterocycles. The van der Waals surface area contributed by atoms with Crippen molar-refractivity contribution >= 4 is 35.1 Å². The van der Waals surface area contributed by atoms with Gasteiger partial charge in [-0.05, 0) is 24.1 Å². The van der Waals surface area contributed by atoms with Crippen LogP contribution in [0, 0.1) is 0 Å². The van der Waals surface area contributed by atoms with E-state index in [1.54, 1.807) is 18.2 Å². The molecule has 1 aromatic rings. The first-order valence-corrected chi connectivity index (χ1v) is 6.17. The summed E-state index contributed by atoms with van der Waals surface area (Å²) in [5.41, 5.74) is 0.842. The largest absolute Gasteiger partial charge is 0.481 e. The summed E-state index contributed by atoms with van der Waals surface area (Å²) in [6, 6.07) is 5.11. The van der Waals surface area contributed by atoms with Gasteiger partial charge in [0.15, 0.2) is 0 Å². The molecule has 1 aromatic carbocycles. The zero-order valence-electron chi connectivity index (χ0n) is 9.58. The zero-order valence-corrected chi connectivity index (χ0v) is 11.1. The summed E-state index contributed by atoms with van der Waals surface area (Å²) in [4.78, 5) is 21.7. The van der Waals surface area contributed by atoms with Gasteiger partial charge in [0.1, 0.15) is 0 Å². The lowest BCUT2D eigenvalue weighted by molar-refractivity contribution is -0.136. The van der Waals surface area contributed by atoms with Crippen LogP contribution in [-0.4, -0.2) is 23.5 Å². The standard InChI is InChI=1S/C12H13Cl2NO3/c13-9-3-1-8(10(14)7-9)2-4-11(16)15-6-5-12(17)18/h1,3,7H,2,4-6H2,(H,15,16)(H,17,18). The normalized spacial score (nSPS) is 10.1. The molecular formula is C12H13Cl2NO3. The third-order valence-corrected chi connectivity index (χ3v) is 2.88. The zero-order chi connectivity index (χ0) is 13.5. The molecule has 98 valence electrons. The molecule has 18 heavy (non-hydrogen) atoms. The van der Waals surface area contributed by atoms with E-state index < -0.39 is 5.97 Å². The summed E-state index contributed by atoms with van der Waals surface area (Å²) in [7, 11) is 0. The fraction of sp³-hybridized carbons (Fsp3) is 0.333. The number of carboxylic acids is 1. The molecule has 6 heteroatoms. The number of hydrogen-bond donors (Lipinski definition) is 2. The number of hydrogen-bond acceptors (Lipinski definition) is 2. The van der Waals surface area contributed by atoms with Crippen molar-refractivity contribution < 1.29 is 14.7 Å². The van der Waals surface area contributed by atoms with Gasteiger partial charge in [-0.3, -0.25) is 9.59 Å². The van der Waals surface area contributed by atoms with Crippen LogP contribution in [0.2, 0.25) is 10.0 Å². The lowest BCUT2D eigenvalue weighted by Crippen LogP contribution is -2.26. The average molecular weight is 290 g/mol. The summed E-state index contributed by atoms with van der Waals surface area (Å²) in [6.45, 7) is 0.141. The van der Waals surface area contributed by atoms with Crippen molar-refractivity contribution in [3.8, 4) is 0 Å². The summed E-state index contributed by atoms with van der Waals surface area (Å²) >= 11 is 11.7. The predicted molar refractivity (Wildman–Crippen MR) is 70.0 cm³/mol. The van der Waals surface area contributed by atoms with E-state index >= 15 is 0 Å². The van der Waals surface area contributed by atoms with Crippen molar-refractivity contribution in [3.05, 3.63) is 33.8 Å². The molecular weight excluding hydrogens is 277 g/mol. The quantitative estimate of drug-likeness (QED) is 0.846. The van der Waals surface area contributed by atoms with Crippen molar-refractivity contribution in [2.45, 2.75) is 19.3 Å². The predicted octanol–water partition coefficient (Wildman–Crippen LogP) is 2.52. The van der Waals surface area contributed by atoms with Gasteiger partial charge in [0, 0.05) is 23.0 Å². The Balaban J connectivity index is 2.36. The smallest absolute Gasteiger partial charge is 0.305 e. The Morgan fingerprint density at radius 2 is 1.94 bits per heavy atom. The maximum absolute atomic E-state index is 11.4. The highest BCUT2D eigenvalue weighted by molar-refractivity contribution is 6.35. The fourth-order valence-corrected chi connectivity index (χ4v) is 1.87. The molecule has 0 saturated carbocycles. The topological polar surface area (TPSA) is 66.4 Å². The average Bonchev–Trinajstić information content (AvgIpc) is 2.27. The number of aryl methyl sites for hydroxylation is 1. The number of rotatable bonds is 6. The van der Waals surface area contributed by atoms with Crippen molar-refractivity contribution in [3.63, 3.8) is 0 Å². The van der Waals surface area contributed by atoms with Gasteiger partial charge in [-0.2, -0.15) is 0 Å². The third-order valence-electron chi connectivity index (χ3n) is 2.30. The molecule has 0 radical (unpaired) electrons. The van der Waals surface area contributed by atoms with Gasteiger partial charge < -0.3 is 10.4 Å². The minimum absolute atomic E-state index is 0.0760. The minimum atomic E-state index is -0.934. The van der Waals surface area contributed by atoms with E-state index in [9.17, 15) is 9.59 Å². The summed E-state index contributed by atoms with van der Waals surface area (Å²) in [6.07, 6.45) is 0.684. The molecule has 0 atom stereocenters. The van der Waals surface area contributed by atoms with E-state index in [1.807, 2.05) is 0 Å². The number of nitrogens with one attached hydrogen (secondary N) is 1. The van der Waals surface area contributed by atoms with Crippen LogP contribution in [0.1, 0.15) is 18.4 Å². The van der Waals surface area contributed by atoms with E-state index in [2.05, 4.69) is 5.32 Å². The molecule has 0 aromatic heterocycles. The van der Waals surface area contributed by atoms with Gasteiger partial charge in [-0.15, -0.1) is 0 Å². The molecule has 0 spiro atoms. The molecule has 0 saturated heterocycles. The van der Waals surface area contributed by atoms with Crippen molar-refractivity contribution in [2.24, 2.45) is 0 Å². The number of carboxylic acid groups (broad SMARTS) is 1. The Kier molecular flexibility index (Phi) is 5.95. The van der Waals surface area contributed by atoms with Gasteiger partial charge in [0.05, 0.1) is 6.42 Å². The number of carbonyl (C=O) groups is 2. The first-order valence-electron chi connectivity index (χ1n) is 5.41. The van der Waals surface area contributed by atoms with E-state index in [4.69, 9.17) is 28.3 Å². The van der Waals surface area contributed by atoms with E-state index in [0.717, 1.165) is 5.56 Å². The molecule has 0 unspecified atom stereocenters. The molecule has 4 nitrogen and oxygen atoms in total. The van der Waals surface area contributed by atoms with Crippen molar-refractivity contribution in [1.82, 2.24) is 5.32 Å². The SMILES string of the molecule is O=C(O)CCNC(=O)CCc1ccc(Cl)cc1Cl. The number of carbonyl (C=O) groups excluding carboxylic acids is 1. The number of benzene rings is 1. The summed E-state index contributed by atoms with van der Waals surface area (Å²) in [5.74, 6) is -1.13. The first kappa shape index (κ1) is 14.8. The van der Waals surface area contributed by atoms with Gasteiger partial charge >= 0.3 is 5.97 Å². The fourth-order valence-electron chi connectivity index (χ4n) is 1.37. The monoisotopic (exact) mass is 289 g/mol. The molecule has 0 aliphatic heterocycles. The number of halogens is 2. The van der Waals surface area contributed by atoms with Crippen molar-refractivity contribution in [2.75, 3.05) is 6.54 Å². The molecule has 0 aliphatic rings. The Hall–Kier alpha value is -1.26. The lowest BCUT2D eigenvalue weighted by atomic mass is 10.1. The first-order chi connectivity index (χ1) is 8.49. The van der Waals surface area contributed by atoms with Crippen molar-refractivity contribution in [1.29, 1.82) is 0 Å². The molecule has 1 amide bonds. The van der Waals surface area contributed by atoms with E-state index in [1.165, 1.54) is 0 Å². The second-order valence-electron chi connectivity index (χ2n) is 3.73. The maximum Gasteiger partial charge on any atom is 0.305 e. The Labute approximate surface area is 115 Å². The van der Waals surface area contributed by atoms with Gasteiger partial charge in [-0.1, -0.05) is 29.3 Å². The van der Waals surface area contributed by atoms with Crippen LogP contribution in [0.15, 0.2) is 18.2 Å². The van der Waals surface area contributed by atoms with Crippen LogP contribution in [0.3, 0.4) is 0 Å². The van der Waals surface area contributed by atoms with Gasteiger partial charge in [0.25, 0.3) is 0 Å². The molecule has 0 bridgehead atoms. The minimum Gasteiger partial charge on any atom is -0.481 e. The van der Waals surface area contributed by atoms with E-state index in [-0.39, 0.29) is 25.3 Å². The summed E-state index contributed by atoms with van der Waals surface area (Å²) in [5, 5.41) is 12.0. The number of aliphatic carboxylic acids is 1. The molecule has 1 rings (SSSR count). The Bertz CT molecular complexity index is 449. The molecule has 0 fully saturated rings. The highest BCUT2D eigenvalue weighted by Crippen LogP contribution is 2.21. The second-order valence-corrected chi connectivity index (χ2v) is 4.57. The third kappa shape index (κ3) is 5.38. The number of amides is 1. The highest BCUT2D eigenvalue weighted by Gasteiger charge is 2.06. The van der Waals surface area contributed by atoms with Crippen LogP contribution in [0.4, 0.5) is 0 Å². The van der Waals surface area contributed by atoms with Gasteiger partial charge in [-0.25, -0.2) is 0 Å². The van der Waals surface area contributed by atoms with E-state index in [0.29, 0.717) is 16.5 Å². The highest BCUT2D eigenvalue weighted by atomic mass is 35.5. The maximum atomic E-state index is 11.4. The van der Waals surface area contributed by atoms with Gasteiger partial charge in [0.2, 0.25) is 5.91 Å². The van der Waals surface area contributed by atoms with Crippen LogP contribution >= 0.6 is 23.2 Å². The second kappa shape index (κ2) is 7.24. The Morgan fingerprint density at radius 3 is 2.56 bits per heavy atom. The lowest BCUT2D eigenvalue weighted by Gasteiger charge is -2.05. The van der Waals surface area contributed by atoms with Crippen LogP contribution in [0.5, 0.6) is 0 Å². The van der Waals surface area contributed by atoms with Crippen LogP contribution in [0.25, 0.3) is 0 Å². The van der Waals surface area contributed by atoms with Crippen LogP contribution < -0.4 is 5.32 Å².